The second-order valence-electron chi connectivity index (χ2n) is 14.1. The second-order valence-corrected chi connectivity index (χ2v) is 17.3. The molecule has 0 saturated carbocycles. The minimum Gasteiger partial charge on any atom is -0.310 e. The van der Waals surface area contributed by atoms with Gasteiger partial charge in [-0.05, 0) is 99.4 Å². The summed E-state index contributed by atoms with van der Waals surface area (Å²) in [5.74, 6) is 0. The highest BCUT2D eigenvalue weighted by Crippen LogP contribution is 2.48. The van der Waals surface area contributed by atoms with E-state index < -0.39 is 0 Å². The molecule has 9 aromatic carbocycles. The van der Waals surface area contributed by atoms with Gasteiger partial charge in [0.1, 0.15) is 0 Å². The SMILES string of the molecule is c1ccc2cc(-c3ccc(N(c4ccc5c(c4)sc4ccc6sc7c8ccccc8ccc7c6c45)c4ccc5sc6ccccc6c5c4)cc3)ccc2c1. The summed E-state index contributed by atoms with van der Waals surface area (Å²) in [6.45, 7) is 0. The van der Waals surface area contributed by atoms with Gasteiger partial charge in [0.05, 0.1) is 0 Å². The molecule has 3 aromatic heterocycles. The molecule has 0 bridgehead atoms. The molecular weight excluding hydrogens is 711 g/mol. The van der Waals surface area contributed by atoms with Crippen LogP contribution in [0.15, 0.2) is 176 Å². The molecule has 0 fully saturated rings. The zero-order valence-electron chi connectivity index (χ0n) is 28.9. The van der Waals surface area contributed by atoms with Crippen LogP contribution in [0.2, 0.25) is 0 Å². The first-order valence-electron chi connectivity index (χ1n) is 18.2. The van der Waals surface area contributed by atoms with Crippen LogP contribution in [0, 0.1) is 0 Å². The molecule has 0 spiro atoms. The van der Waals surface area contributed by atoms with Gasteiger partial charge in [-0.25, -0.2) is 0 Å². The maximum absolute atomic E-state index is 2.43. The molecule has 0 saturated heterocycles. The van der Waals surface area contributed by atoms with Crippen molar-refractivity contribution in [3.8, 4) is 11.1 Å². The van der Waals surface area contributed by atoms with Crippen LogP contribution in [0.1, 0.15) is 0 Å². The normalized spacial score (nSPS) is 12.1. The third-order valence-electron chi connectivity index (χ3n) is 11.0. The monoisotopic (exact) mass is 739 g/mol. The van der Waals surface area contributed by atoms with Gasteiger partial charge in [-0.3, -0.25) is 0 Å². The number of hydrogen-bond donors (Lipinski definition) is 0. The Labute approximate surface area is 323 Å². The molecule has 12 rings (SSSR count). The summed E-state index contributed by atoms with van der Waals surface area (Å²) < 4.78 is 7.99. The predicted molar refractivity (Wildman–Crippen MR) is 240 cm³/mol. The maximum Gasteiger partial charge on any atom is 0.0476 e. The van der Waals surface area contributed by atoms with E-state index in [-0.39, 0.29) is 0 Å². The predicted octanol–water partition coefficient (Wildman–Crippen LogP) is 16.2. The van der Waals surface area contributed by atoms with E-state index in [1.54, 1.807) is 0 Å². The summed E-state index contributed by atoms with van der Waals surface area (Å²) >= 11 is 5.68. The van der Waals surface area contributed by atoms with Crippen molar-refractivity contribution in [3.05, 3.63) is 176 Å². The summed E-state index contributed by atoms with van der Waals surface area (Å²) in [7, 11) is 0. The number of hydrogen-bond acceptors (Lipinski definition) is 4. The molecule has 54 heavy (non-hydrogen) atoms. The molecular formula is C50H29NS3. The van der Waals surface area contributed by atoms with Crippen molar-refractivity contribution < 1.29 is 0 Å². The fourth-order valence-electron chi connectivity index (χ4n) is 8.46. The van der Waals surface area contributed by atoms with Crippen LogP contribution in [0.25, 0.3) is 93.2 Å². The zero-order chi connectivity index (χ0) is 35.3. The van der Waals surface area contributed by atoms with Crippen molar-refractivity contribution in [2.24, 2.45) is 0 Å². The summed E-state index contributed by atoms with van der Waals surface area (Å²) in [6.07, 6.45) is 0. The Morgan fingerprint density at radius 2 is 0.889 bits per heavy atom. The van der Waals surface area contributed by atoms with Crippen LogP contribution in [-0.2, 0) is 0 Å². The lowest BCUT2D eigenvalue weighted by molar-refractivity contribution is 1.30. The molecule has 0 radical (unpaired) electrons. The average Bonchev–Trinajstić information content (AvgIpc) is 3.92. The molecule has 252 valence electrons. The fraction of sp³-hybridized carbons (Fsp3) is 0. The number of benzene rings is 9. The molecule has 0 aliphatic carbocycles. The van der Waals surface area contributed by atoms with Crippen molar-refractivity contribution in [3.63, 3.8) is 0 Å². The van der Waals surface area contributed by atoms with Crippen molar-refractivity contribution in [2.45, 2.75) is 0 Å². The maximum atomic E-state index is 2.43. The molecule has 0 N–H and O–H groups in total. The van der Waals surface area contributed by atoms with Crippen molar-refractivity contribution >= 4 is 133 Å². The van der Waals surface area contributed by atoms with Gasteiger partial charge in [-0.15, -0.1) is 34.0 Å². The van der Waals surface area contributed by atoms with Gasteiger partial charge in [-0.2, -0.15) is 0 Å². The van der Waals surface area contributed by atoms with Gasteiger partial charge >= 0.3 is 0 Å². The first kappa shape index (κ1) is 30.4. The van der Waals surface area contributed by atoms with E-state index in [2.05, 4.69) is 181 Å². The number of thiophene rings is 3. The van der Waals surface area contributed by atoms with Crippen LogP contribution < -0.4 is 4.90 Å². The van der Waals surface area contributed by atoms with Gasteiger partial charge < -0.3 is 4.90 Å². The van der Waals surface area contributed by atoms with Crippen molar-refractivity contribution in [2.75, 3.05) is 4.90 Å². The summed E-state index contributed by atoms with van der Waals surface area (Å²) in [6, 6.07) is 65.3. The third-order valence-corrected chi connectivity index (χ3v) is 14.5. The Bertz CT molecular complexity index is 3450. The molecule has 1 nitrogen and oxygen atoms in total. The Balaban J connectivity index is 1.04. The number of anilines is 3. The van der Waals surface area contributed by atoms with Gasteiger partial charge in [-0.1, -0.05) is 109 Å². The topological polar surface area (TPSA) is 3.24 Å². The third kappa shape index (κ3) is 4.61. The number of rotatable bonds is 4. The Hall–Kier alpha value is -6.04. The number of nitrogens with zero attached hydrogens (tertiary/aromatic N) is 1. The van der Waals surface area contributed by atoms with Crippen LogP contribution >= 0.6 is 34.0 Å². The summed E-state index contributed by atoms with van der Waals surface area (Å²) in [4.78, 5) is 2.43. The second kappa shape index (κ2) is 11.7. The molecule has 4 heteroatoms. The average molecular weight is 740 g/mol. The van der Waals surface area contributed by atoms with Crippen LogP contribution in [0.5, 0.6) is 0 Å². The molecule has 0 atom stereocenters. The molecule has 0 aliphatic rings. The van der Waals surface area contributed by atoms with E-state index in [0.29, 0.717) is 0 Å². The first-order chi connectivity index (χ1) is 26.7. The van der Waals surface area contributed by atoms with E-state index in [0.717, 1.165) is 17.1 Å². The largest absolute Gasteiger partial charge is 0.310 e. The van der Waals surface area contributed by atoms with Gasteiger partial charge in [0.15, 0.2) is 0 Å². The van der Waals surface area contributed by atoms with Gasteiger partial charge in [0.2, 0.25) is 0 Å². The van der Waals surface area contributed by atoms with E-state index >= 15 is 0 Å². The van der Waals surface area contributed by atoms with Crippen molar-refractivity contribution in [1.29, 1.82) is 0 Å². The van der Waals surface area contributed by atoms with E-state index in [9.17, 15) is 0 Å². The van der Waals surface area contributed by atoms with Crippen LogP contribution in [0.3, 0.4) is 0 Å². The minimum atomic E-state index is 1.14. The Kier molecular flexibility index (Phi) is 6.61. The Morgan fingerprint density at radius 1 is 0.296 bits per heavy atom. The van der Waals surface area contributed by atoms with E-state index in [1.807, 2.05) is 34.0 Å². The highest BCUT2D eigenvalue weighted by molar-refractivity contribution is 7.28. The zero-order valence-corrected chi connectivity index (χ0v) is 31.4. The molecule has 0 amide bonds. The standard InChI is InChI=1S/C50H29NS3/c1-2-9-33-27-34(14-13-30(33)7-1)31-15-18-35(19-16-31)51(36-21-24-44-42(28-36)39-11-5-6-12-43(39)52-44)37-20-23-40-47(29-37)53-45-25-26-46-49(48(40)45)41-22-17-32-8-3-4-10-38(32)50(41)54-46/h1-29H. The highest BCUT2D eigenvalue weighted by Gasteiger charge is 2.19. The Morgan fingerprint density at radius 3 is 1.78 bits per heavy atom. The van der Waals surface area contributed by atoms with Gasteiger partial charge in [0.25, 0.3) is 0 Å². The summed E-state index contributed by atoms with van der Waals surface area (Å²) in [5, 5.41) is 13.2. The van der Waals surface area contributed by atoms with Crippen molar-refractivity contribution in [1.82, 2.24) is 0 Å². The number of fused-ring (bicyclic) bond motifs is 13. The molecule has 0 aliphatic heterocycles. The molecule has 0 unspecified atom stereocenters. The minimum absolute atomic E-state index is 1.14. The van der Waals surface area contributed by atoms with Crippen LogP contribution in [0.4, 0.5) is 17.1 Å². The quantitative estimate of drug-likeness (QED) is 0.174. The summed E-state index contributed by atoms with van der Waals surface area (Å²) in [5.41, 5.74) is 5.89. The lowest BCUT2D eigenvalue weighted by atomic mass is 10.0. The molecule has 3 heterocycles. The van der Waals surface area contributed by atoms with E-state index in [1.165, 1.54) is 93.2 Å². The molecule has 12 aromatic rings. The van der Waals surface area contributed by atoms with Crippen LogP contribution in [-0.4, -0.2) is 0 Å². The smallest absolute Gasteiger partial charge is 0.0476 e. The van der Waals surface area contributed by atoms with Gasteiger partial charge in [0, 0.05) is 77.6 Å². The fourth-order valence-corrected chi connectivity index (χ4v) is 11.9. The lowest BCUT2D eigenvalue weighted by Crippen LogP contribution is -2.09. The van der Waals surface area contributed by atoms with E-state index in [4.69, 9.17) is 0 Å². The highest BCUT2D eigenvalue weighted by atomic mass is 32.1. The first-order valence-corrected chi connectivity index (χ1v) is 20.7. The lowest BCUT2D eigenvalue weighted by Gasteiger charge is -2.26.